The zero-order chi connectivity index (χ0) is 16.6. The molecule has 1 aromatic heterocycles. The zero-order valence-corrected chi connectivity index (χ0v) is 13.8. The number of aromatic nitrogens is 3. The summed E-state index contributed by atoms with van der Waals surface area (Å²) in [6.07, 6.45) is 2.28. The molecule has 0 saturated carbocycles. The Morgan fingerprint density at radius 2 is 2.17 bits per heavy atom. The van der Waals surface area contributed by atoms with Gasteiger partial charge in [0.15, 0.2) is 4.77 Å². The maximum atomic E-state index is 13.9. The minimum atomic E-state index is -0.379. The van der Waals surface area contributed by atoms with Crippen LogP contribution >= 0.6 is 12.2 Å². The summed E-state index contributed by atoms with van der Waals surface area (Å²) in [6, 6.07) is 6.04. The van der Waals surface area contributed by atoms with E-state index >= 15 is 0 Å². The number of likely N-dealkylation sites (N-methyl/N-ethyl adjacent to an activating group) is 1. The van der Waals surface area contributed by atoms with E-state index in [9.17, 15) is 9.18 Å². The number of carbonyl (C=O) groups excluding carboxylic acids is 1. The standard InChI is InChI=1S/C15H18FN5OS/c1-18-9-17-21(15(18)23)10-19(2)13-7-8-20(14(13)22)12-6-4-3-5-11(12)16/h3-6,9,13H,7-8,10H2,1-2H3. The number of aryl methyl sites for hydroxylation is 1. The zero-order valence-electron chi connectivity index (χ0n) is 13.0. The Balaban J connectivity index is 1.75. The van der Waals surface area contributed by atoms with Crippen molar-refractivity contribution in [2.45, 2.75) is 19.1 Å². The maximum Gasteiger partial charge on any atom is 0.244 e. The van der Waals surface area contributed by atoms with Crippen LogP contribution in [0.4, 0.5) is 10.1 Å². The molecule has 8 heteroatoms. The lowest BCUT2D eigenvalue weighted by atomic mass is 10.2. The summed E-state index contributed by atoms with van der Waals surface area (Å²) in [5.74, 6) is -0.476. The largest absolute Gasteiger partial charge is 0.310 e. The molecule has 1 aliphatic rings. The molecular weight excluding hydrogens is 317 g/mol. The Bertz CT molecular complexity index is 786. The van der Waals surface area contributed by atoms with Gasteiger partial charge in [0.1, 0.15) is 12.1 Å². The highest BCUT2D eigenvalue weighted by Gasteiger charge is 2.36. The molecule has 1 aliphatic heterocycles. The van der Waals surface area contributed by atoms with Crippen LogP contribution in [0.1, 0.15) is 6.42 Å². The number of para-hydroxylation sites is 1. The fraction of sp³-hybridized carbons (Fsp3) is 0.400. The number of amides is 1. The Morgan fingerprint density at radius 1 is 1.43 bits per heavy atom. The van der Waals surface area contributed by atoms with Crippen LogP contribution in [0.3, 0.4) is 0 Å². The number of benzene rings is 1. The van der Waals surface area contributed by atoms with Crippen LogP contribution in [0.5, 0.6) is 0 Å². The molecule has 2 aromatic rings. The second-order valence-corrected chi connectivity index (χ2v) is 6.03. The smallest absolute Gasteiger partial charge is 0.244 e. The van der Waals surface area contributed by atoms with E-state index in [1.165, 1.54) is 11.0 Å². The number of halogens is 1. The Kier molecular flexibility index (Phi) is 4.27. The van der Waals surface area contributed by atoms with Gasteiger partial charge in [0, 0.05) is 13.6 Å². The molecule has 122 valence electrons. The molecule has 0 aliphatic carbocycles. The minimum Gasteiger partial charge on any atom is -0.310 e. The van der Waals surface area contributed by atoms with E-state index < -0.39 is 0 Å². The highest BCUT2D eigenvalue weighted by Crippen LogP contribution is 2.26. The number of hydrogen-bond donors (Lipinski definition) is 0. The van der Waals surface area contributed by atoms with Gasteiger partial charge in [0.2, 0.25) is 5.91 Å². The second-order valence-electron chi connectivity index (χ2n) is 5.67. The Labute approximate surface area is 138 Å². The minimum absolute atomic E-state index is 0.0972. The van der Waals surface area contributed by atoms with Crippen molar-refractivity contribution in [3.05, 3.63) is 41.2 Å². The first-order valence-electron chi connectivity index (χ1n) is 7.33. The molecule has 1 saturated heterocycles. The Hall–Kier alpha value is -2.06. The first-order chi connectivity index (χ1) is 11.0. The van der Waals surface area contributed by atoms with Crippen LogP contribution in [0, 0.1) is 10.6 Å². The molecule has 0 N–H and O–H groups in total. The molecule has 1 atom stereocenters. The van der Waals surface area contributed by atoms with Gasteiger partial charge in [-0.15, -0.1) is 0 Å². The first-order valence-corrected chi connectivity index (χ1v) is 7.74. The number of nitrogens with zero attached hydrogens (tertiary/aromatic N) is 5. The van der Waals surface area contributed by atoms with E-state index in [0.717, 1.165) is 0 Å². The summed E-state index contributed by atoms with van der Waals surface area (Å²) in [6.45, 7) is 0.920. The van der Waals surface area contributed by atoms with Crippen molar-refractivity contribution in [1.29, 1.82) is 0 Å². The van der Waals surface area contributed by atoms with Crippen LogP contribution in [-0.4, -0.2) is 44.8 Å². The van der Waals surface area contributed by atoms with E-state index in [1.807, 2.05) is 19.0 Å². The van der Waals surface area contributed by atoms with Gasteiger partial charge in [-0.1, -0.05) is 12.1 Å². The van der Waals surface area contributed by atoms with Gasteiger partial charge in [-0.25, -0.2) is 9.07 Å². The van der Waals surface area contributed by atoms with E-state index in [2.05, 4.69) is 5.10 Å². The van der Waals surface area contributed by atoms with Gasteiger partial charge in [0.05, 0.1) is 18.4 Å². The van der Waals surface area contributed by atoms with Crippen molar-refractivity contribution in [3.8, 4) is 0 Å². The summed E-state index contributed by atoms with van der Waals surface area (Å²) in [5, 5.41) is 4.19. The molecule has 23 heavy (non-hydrogen) atoms. The number of anilines is 1. The molecule has 1 unspecified atom stereocenters. The molecule has 0 spiro atoms. The summed E-state index contributed by atoms with van der Waals surface area (Å²) in [5.41, 5.74) is 0.336. The van der Waals surface area contributed by atoms with Crippen molar-refractivity contribution in [1.82, 2.24) is 19.2 Å². The quantitative estimate of drug-likeness (QED) is 0.799. The van der Waals surface area contributed by atoms with Gasteiger partial charge < -0.3 is 9.47 Å². The average molecular weight is 335 g/mol. The third-order valence-corrected chi connectivity index (χ3v) is 4.60. The van der Waals surface area contributed by atoms with E-state index in [1.54, 1.807) is 33.8 Å². The lowest BCUT2D eigenvalue weighted by molar-refractivity contribution is -0.121. The van der Waals surface area contributed by atoms with Gasteiger partial charge in [-0.05, 0) is 37.8 Å². The summed E-state index contributed by atoms with van der Waals surface area (Å²) in [7, 11) is 3.68. The van der Waals surface area contributed by atoms with E-state index in [-0.39, 0.29) is 17.8 Å². The maximum absolute atomic E-state index is 13.9. The molecule has 1 aromatic carbocycles. The third kappa shape index (κ3) is 2.91. The SMILES string of the molecule is CN(Cn1ncn(C)c1=S)C1CCN(c2ccccc2F)C1=O. The summed E-state index contributed by atoms with van der Waals surface area (Å²) >= 11 is 5.26. The van der Waals surface area contributed by atoms with E-state index in [4.69, 9.17) is 12.2 Å². The highest BCUT2D eigenvalue weighted by atomic mass is 32.1. The first kappa shape index (κ1) is 15.8. The van der Waals surface area contributed by atoms with Crippen molar-refractivity contribution >= 4 is 23.8 Å². The molecule has 0 radical (unpaired) electrons. The van der Waals surface area contributed by atoms with Gasteiger partial charge >= 0.3 is 0 Å². The topological polar surface area (TPSA) is 46.3 Å². The second kappa shape index (κ2) is 6.21. The van der Waals surface area contributed by atoms with Crippen molar-refractivity contribution in [3.63, 3.8) is 0 Å². The molecule has 0 bridgehead atoms. The lowest BCUT2D eigenvalue weighted by Crippen LogP contribution is -2.40. The monoisotopic (exact) mass is 335 g/mol. The molecule has 1 amide bonds. The highest BCUT2D eigenvalue weighted by molar-refractivity contribution is 7.71. The molecule has 6 nitrogen and oxygen atoms in total. The predicted molar refractivity (Wildman–Crippen MR) is 87.0 cm³/mol. The van der Waals surface area contributed by atoms with Crippen LogP contribution in [0.15, 0.2) is 30.6 Å². The Morgan fingerprint density at radius 3 is 2.83 bits per heavy atom. The molecular formula is C15H18FN5OS. The number of hydrogen-bond acceptors (Lipinski definition) is 4. The lowest BCUT2D eigenvalue weighted by Gasteiger charge is -2.23. The van der Waals surface area contributed by atoms with Crippen molar-refractivity contribution < 1.29 is 9.18 Å². The fourth-order valence-electron chi connectivity index (χ4n) is 2.81. The van der Waals surface area contributed by atoms with Crippen LogP contribution in [0.2, 0.25) is 0 Å². The average Bonchev–Trinajstić information content (AvgIpc) is 3.05. The molecule has 1 fully saturated rings. The van der Waals surface area contributed by atoms with Crippen LogP contribution in [-0.2, 0) is 18.5 Å². The number of rotatable bonds is 4. The summed E-state index contributed by atoms with van der Waals surface area (Å²) in [4.78, 5) is 16.0. The predicted octanol–water partition coefficient (Wildman–Crippen LogP) is 1.78. The number of carbonyl (C=O) groups is 1. The molecule has 3 rings (SSSR count). The normalized spacial score (nSPS) is 18.2. The van der Waals surface area contributed by atoms with Crippen LogP contribution < -0.4 is 4.90 Å². The summed E-state index contributed by atoms with van der Waals surface area (Å²) < 4.78 is 17.9. The molecule has 2 heterocycles. The van der Waals surface area contributed by atoms with Crippen molar-refractivity contribution in [2.75, 3.05) is 18.5 Å². The van der Waals surface area contributed by atoms with Crippen molar-refractivity contribution in [2.24, 2.45) is 7.05 Å². The fourth-order valence-corrected chi connectivity index (χ4v) is 2.96. The van der Waals surface area contributed by atoms with Gasteiger partial charge in [0.25, 0.3) is 0 Å². The van der Waals surface area contributed by atoms with E-state index in [0.29, 0.717) is 30.1 Å². The van der Waals surface area contributed by atoms with Crippen LogP contribution in [0.25, 0.3) is 0 Å². The third-order valence-electron chi connectivity index (χ3n) is 4.10. The van der Waals surface area contributed by atoms with Gasteiger partial charge in [-0.3, -0.25) is 9.69 Å². The van der Waals surface area contributed by atoms with Gasteiger partial charge in [-0.2, -0.15) is 5.10 Å².